The SMILES string of the molecule is CCCC(CBr)COCCC1CCC1. The van der Waals surface area contributed by atoms with Gasteiger partial charge in [0.25, 0.3) is 0 Å². The van der Waals surface area contributed by atoms with Gasteiger partial charge in [-0.05, 0) is 24.7 Å². The van der Waals surface area contributed by atoms with Gasteiger partial charge in [0, 0.05) is 11.9 Å². The molecule has 14 heavy (non-hydrogen) atoms. The molecule has 1 saturated carbocycles. The first kappa shape index (κ1) is 12.5. The van der Waals surface area contributed by atoms with Crippen molar-refractivity contribution in [3.05, 3.63) is 0 Å². The highest BCUT2D eigenvalue weighted by Gasteiger charge is 2.16. The minimum Gasteiger partial charge on any atom is -0.381 e. The van der Waals surface area contributed by atoms with Crippen LogP contribution in [0.25, 0.3) is 0 Å². The predicted octanol–water partition coefficient (Wildman–Crippen LogP) is 4.00. The first-order chi connectivity index (χ1) is 6.86. The Kier molecular flexibility index (Phi) is 6.88. The molecule has 0 spiro atoms. The molecule has 0 aromatic rings. The zero-order valence-electron chi connectivity index (χ0n) is 9.30. The van der Waals surface area contributed by atoms with Gasteiger partial charge in [-0.25, -0.2) is 0 Å². The number of alkyl halides is 1. The lowest BCUT2D eigenvalue weighted by Crippen LogP contribution is -2.16. The van der Waals surface area contributed by atoms with Crippen LogP contribution >= 0.6 is 15.9 Å². The highest BCUT2D eigenvalue weighted by atomic mass is 79.9. The maximum Gasteiger partial charge on any atom is 0.0502 e. The van der Waals surface area contributed by atoms with E-state index in [2.05, 4.69) is 22.9 Å². The number of hydrogen-bond acceptors (Lipinski definition) is 1. The zero-order valence-corrected chi connectivity index (χ0v) is 10.9. The first-order valence-corrected chi connectivity index (χ1v) is 7.12. The molecule has 0 bridgehead atoms. The van der Waals surface area contributed by atoms with Gasteiger partial charge in [0.2, 0.25) is 0 Å². The minimum absolute atomic E-state index is 0.724. The second kappa shape index (κ2) is 7.70. The summed E-state index contributed by atoms with van der Waals surface area (Å²) in [7, 11) is 0. The summed E-state index contributed by atoms with van der Waals surface area (Å²) in [5.74, 6) is 1.71. The lowest BCUT2D eigenvalue weighted by atomic mass is 9.83. The molecule has 1 atom stereocenters. The molecule has 0 heterocycles. The van der Waals surface area contributed by atoms with Gasteiger partial charge in [0.1, 0.15) is 0 Å². The van der Waals surface area contributed by atoms with Gasteiger partial charge in [-0.2, -0.15) is 0 Å². The Balaban J connectivity index is 1.89. The summed E-state index contributed by atoms with van der Waals surface area (Å²) < 4.78 is 5.72. The number of halogens is 1. The highest BCUT2D eigenvalue weighted by molar-refractivity contribution is 9.09. The van der Waals surface area contributed by atoms with E-state index in [1.54, 1.807) is 0 Å². The largest absolute Gasteiger partial charge is 0.381 e. The zero-order chi connectivity index (χ0) is 10.2. The Hall–Kier alpha value is 0.440. The van der Waals surface area contributed by atoms with Crippen molar-refractivity contribution in [3.8, 4) is 0 Å². The molecule has 1 unspecified atom stereocenters. The highest BCUT2D eigenvalue weighted by Crippen LogP contribution is 2.29. The maximum absolute atomic E-state index is 5.72. The van der Waals surface area contributed by atoms with Crippen molar-refractivity contribution < 1.29 is 4.74 Å². The van der Waals surface area contributed by atoms with Gasteiger partial charge >= 0.3 is 0 Å². The average Bonchev–Trinajstić information content (AvgIpc) is 2.13. The predicted molar refractivity (Wildman–Crippen MR) is 65.0 cm³/mol. The first-order valence-electron chi connectivity index (χ1n) is 6.00. The third kappa shape index (κ3) is 4.79. The fraction of sp³-hybridized carbons (Fsp3) is 1.00. The van der Waals surface area contributed by atoms with Gasteiger partial charge in [-0.3, -0.25) is 0 Å². The molecule has 0 saturated heterocycles. The Morgan fingerprint density at radius 1 is 1.43 bits per heavy atom. The molecular formula is C12H23BrO. The molecule has 0 N–H and O–H groups in total. The van der Waals surface area contributed by atoms with Crippen molar-refractivity contribution in [2.45, 2.75) is 45.4 Å². The van der Waals surface area contributed by atoms with E-state index in [0.29, 0.717) is 0 Å². The van der Waals surface area contributed by atoms with Crippen LogP contribution in [0, 0.1) is 11.8 Å². The van der Waals surface area contributed by atoms with E-state index in [0.717, 1.165) is 30.4 Å². The third-order valence-electron chi connectivity index (χ3n) is 3.16. The fourth-order valence-electron chi connectivity index (χ4n) is 1.89. The van der Waals surface area contributed by atoms with Gasteiger partial charge in [-0.15, -0.1) is 0 Å². The molecule has 84 valence electrons. The molecule has 1 aliphatic rings. The Morgan fingerprint density at radius 3 is 2.71 bits per heavy atom. The molecular weight excluding hydrogens is 240 g/mol. The van der Waals surface area contributed by atoms with E-state index < -0.39 is 0 Å². The summed E-state index contributed by atoms with van der Waals surface area (Å²) in [4.78, 5) is 0. The van der Waals surface area contributed by atoms with Crippen LogP contribution in [-0.4, -0.2) is 18.5 Å². The molecule has 0 aromatic heterocycles. The van der Waals surface area contributed by atoms with Crippen molar-refractivity contribution in [3.63, 3.8) is 0 Å². The van der Waals surface area contributed by atoms with Crippen LogP contribution in [0.5, 0.6) is 0 Å². The second-order valence-electron chi connectivity index (χ2n) is 4.47. The summed E-state index contributed by atoms with van der Waals surface area (Å²) in [5.41, 5.74) is 0. The van der Waals surface area contributed by atoms with Crippen molar-refractivity contribution in [2.24, 2.45) is 11.8 Å². The van der Waals surface area contributed by atoms with Crippen LogP contribution in [0.4, 0.5) is 0 Å². The van der Waals surface area contributed by atoms with Crippen LogP contribution in [-0.2, 0) is 4.74 Å². The lowest BCUT2D eigenvalue weighted by Gasteiger charge is -2.25. The molecule has 1 rings (SSSR count). The normalized spacial score (nSPS) is 19.3. The molecule has 0 aromatic carbocycles. The Labute approximate surface area is 96.7 Å². The monoisotopic (exact) mass is 262 g/mol. The van der Waals surface area contributed by atoms with Crippen molar-refractivity contribution in [2.75, 3.05) is 18.5 Å². The topological polar surface area (TPSA) is 9.23 Å². The maximum atomic E-state index is 5.72. The molecule has 1 nitrogen and oxygen atoms in total. The quantitative estimate of drug-likeness (QED) is 0.475. The Bertz CT molecular complexity index is 134. The fourth-order valence-corrected chi connectivity index (χ4v) is 2.41. The lowest BCUT2D eigenvalue weighted by molar-refractivity contribution is 0.0824. The number of hydrogen-bond donors (Lipinski definition) is 0. The van der Waals surface area contributed by atoms with Crippen LogP contribution in [0.2, 0.25) is 0 Å². The minimum atomic E-state index is 0.724. The second-order valence-corrected chi connectivity index (χ2v) is 5.12. The summed E-state index contributed by atoms with van der Waals surface area (Å²) in [6.07, 6.45) is 8.18. The van der Waals surface area contributed by atoms with Gasteiger partial charge in [-0.1, -0.05) is 48.5 Å². The molecule has 0 radical (unpaired) electrons. The van der Waals surface area contributed by atoms with E-state index in [4.69, 9.17) is 4.74 Å². The third-order valence-corrected chi connectivity index (χ3v) is 4.08. The van der Waals surface area contributed by atoms with Crippen LogP contribution in [0.1, 0.15) is 45.4 Å². The standard InChI is InChI=1S/C12H23BrO/c1-2-4-12(9-13)10-14-8-7-11-5-3-6-11/h11-12H,2-10H2,1H3. The smallest absolute Gasteiger partial charge is 0.0502 e. The Morgan fingerprint density at radius 2 is 2.21 bits per heavy atom. The van der Waals surface area contributed by atoms with E-state index in [1.807, 2.05) is 0 Å². The van der Waals surface area contributed by atoms with Crippen LogP contribution in [0.3, 0.4) is 0 Å². The van der Waals surface area contributed by atoms with E-state index in [9.17, 15) is 0 Å². The van der Waals surface area contributed by atoms with Crippen LogP contribution < -0.4 is 0 Å². The summed E-state index contributed by atoms with van der Waals surface area (Å²) in [6.45, 7) is 4.17. The summed E-state index contributed by atoms with van der Waals surface area (Å²) in [6, 6.07) is 0. The number of ether oxygens (including phenoxy) is 1. The van der Waals surface area contributed by atoms with E-state index in [-0.39, 0.29) is 0 Å². The summed E-state index contributed by atoms with van der Waals surface area (Å²) >= 11 is 3.54. The van der Waals surface area contributed by atoms with Gasteiger partial charge in [0.15, 0.2) is 0 Å². The van der Waals surface area contributed by atoms with Crippen molar-refractivity contribution in [1.82, 2.24) is 0 Å². The molecule has 0 aliphatic heterocycles. The average molecular weight is 263 g/mol. The molecule has 1 fully saturated rings. The summed E-state index contributed by atoms with van der Waals surface area (Å²) in [5, 5.41) is 1.09. The van der Waals surface area contributed by atoms with Crippen LogP contribution in [0.15, 0.2) is 0 Å². The number of rotatable bonds is 8. The molecule has 1 aliphatic carbocycles. The van der Waals surface area contributed by atoms with Crippen molar-refractivity contribution >= 4 is 15.9 Å². The van der Waals surface area contributed by atoms with Gasteiger partial charge < -0.3 is 4.74 Å². The van der Waals surface area contributed by atoms with Gasteiger partial charge in [0.05, 0.1) is 6.61 Å². The van der Waals surface area contributed by atoms with E-state index >= 15 is 0 Å². The molecule has 0 amide bonds. The van der Waals surface area contributed by atoms with Crippen molar-refractivity contribution in [1.29, 1.82) is 0 Å². The van der Waals surface area contributed by atoms with E-state index in [1.165, 1.54) is 38.5 Å². The molecule has 2 heteroatoms.